The van der Waals surface area contributed by atoms with E-state index in [0.29, 0.717) is 25.8 Å². The zero-order valence-corrected chi connectivity index (χ0v) is 12.2. The predicted octanol–water partition coefficient (Wildman–Crippen LogP) is 1.13. The normalized spacial score (nSPS) is 19.7. The largest absolute Gasteiger partial charge is 0.481 e. The lowest BCUT2D eigenvalue weighted by atomic mass is 9.78. The minimum atomic E-state index is -1.04. The fourth-order valence-electron chi connectivity index (χ4n) is 2.79. The molecule has 6 heteroatoms. The van der Waals surface area contributed by atoms with Gasteiger partial charge < -0.3 is 15.7 Å². The third-order valence-corrected chi connectivity index (χ3v) is 4.45. The van der Waals surface area contributed by atoms with Crippen LogP contribution in [-0.2, 0) is 14.4 Å². The standard InChI is InChI=1S/C14H24N2O4/c1-3-14(4-2,13(19)20)9-11(17)16-8-6-5-7-10(16)12(15)18/h10H,3-9H2,1-2H3,(H2,15,18)(H,19,20). The molecule has 0 aromatic heterocycles. The highest BCUT2D eigenvalue weighted by Crippen LogP contribution is 2.32. The van der Waals surface area contributed by atoms with Gasteiger partial charge in [0.05, 0.1) is 5.41 Å². The van der Waals surface area contributed by atoms with Crippen molar-refractivity contribution in [3.63, 3.8) is 0 Å². The number of amides is 2. The fraction of sp³-hybridized carbons (Fsp3) is 0.786. The van der Waals surface area contributed by atoms with E-state index in [1.807, 2.05) is 0 Å². The number of carbonyl (C=O) groups excluding carboxylic acids is 2. The summed E-state index contributed by atoms with van der Waals surface area (Å²) in [6.45, 7) is 4.02. The van der Waals surface area contributed by atoms with Gasteiger partial charge in [-0.25, -0.2) is 0 Å². The molecule has 0 aliphatic carbocycles. The van der Waals surface area contributed by atoms with E-state index in [1.165, 1.54) is 4.90 Å². The molecule has 0 spiro atoms. The Labute approximate surface area is 119 Å². The molecule has 2 amide bonds. The van der Waals surface area contributed by atoms with Crippen LogP contribution in [0.5, 0.6) is 0 Å². The van der Waals surface area contributed by atoms with Gasteiger partial charge in [-0.1, -0.05) is 13.8 Å². The van der Waals surface area contributed by atoms with E-state index in [9.17, 15) is 19.5 Å². The first kappa shape index (κ1) is 16.5. The van der Waals surface area contributed by atoms with Crippen LogP contribution in [0.25, 0.3) is 0 Å². The van der Waals surface area contributed by atoms with E-state index < -0.39 is 23.3 Å². The number of primary amides is 1. The topological polar surface area (TPSA) is 101 Å². The van der Waals surface area contributed by atoms with E-state index in [1.54, 1.807) is 13.8 Å². The van der Waals surface area contributed by atoms with Crippen molar-refractivity contribution in [2.24, 2.45) is 11.1 Å². The first-order valence-electron chi connectivity index (χ1n) is 7.20. The van der Waals surface area contributed by atoms with Crippen molar-refractivity contribution >= 4 is 17.8 Å². The second-order valence-corrected chi connectivity index (χ2v) is 5.47. The van der Waals surface area contributed by atoms with Gasteiger partial charge in [-0.2, -0.15) is 0 Å². The van der Waals surface area contributed by atoms with Crippen LogP contribution in [-0.4, -0.2) is 40.4 Å². The Morgan fingerprint density at radius 1 is 1.25 bits per heavy atom. The lowest BCUT2D eigenvalue weighted by molar-refractivity contribution is -0.155. The maximum absolute atomic E-state index is 12.4. The van der Waals surface area contributed by atoms with Gasteiger partial charge in [0.15, 0.2) is 0 Å². The van der Waals surface area contributed by atoms with Gasteiger partial charge in [-0.05, 0) is 32.1 Å². The third kappa shape index (κ3) is 3.29. The molecule has 1 heterocycles. The lowest BCUT2D eigenvalue weighted by Crippen LogP contribution is -2.52. The van der Waals surface area contributed by atoms with Crippen LogP contribution in [0, 0.1) is 5.41 Å². The Bertz CT molecular complexity index is 391. The van der Waals surface area contributed by atoms with Gasteiger partial charge in [-0.3, -0.25) is 14.4 Å². The minimum Gasteiger partial charge on any atom is -0.481 e. The molecule has 1 aliphatic rings. The maximum Gasteiger partial charge on any atom is 0.310 e. The van der Waals surface area contributed by atoms with Crippen LogP contribution in [0.2, 0.25) is 0 Å². The maximum atomic E-state index is 12.4. The summed E-state index contributed by atoms with van der Waals surface area (Å²) in [7, 11) is 0. The van der Waals surface area contributed by atoms with Crippen LogP contribution >= 0.6 is 0 Å². The molecule has 1 atom stereocenters. The van der Waals surface area contributed by atoms with Gasteiger partial charge in [0, 0.05) is 13.0 Å². The SMILES string of the molecule is CCC(CC)(CC(=O)N1CCCCC1C(N)=O)C(=O)O. The number of nitrogens with zero attached hydrogens (tertiary/aromatic N) is 1. The van der Waals surface area contributed by atoms with Crippen molar-refractivity contribution in [2.75, 3.05) is 6.54 Å². The molecule has 3 N–H and O–H groups in total. The van der Waals surface area contributed by atoms with Crippen molar-refractivity contribution in [3.05, 3.63) is 0 Å². The van der Waals surface area contributed by atoms with E-state index in [2.05, 4.69) is 0 Å². The predicted molar refractivity (Wildman–Crippen MR) is 73.8 cm³/mol. The number of aliphatic carboxylic acids is 1. The summed E-state index contributed by atoms with van der Waals surface area (Å²) in [6.07, 6.45) is 2.97. The zero-order valence-electron chi connectivity index (χ0n) is 12.2. The Balaban J connectivity index is 2.87. The Hall–Kier alpha value is -1.59. The fourth-order valence-corrected chi connectivity index (χ4v) is 2.79. The lowest BCUT2D eigenvalue weighted by Gasteiger charge is -2.36. The first-order chi connectivity index (χ1) is 9.38. The van der Waals surface area contributed by atoms with E-state index in [0.717, 1.165) is 12.8 Å². The van der Waals surface area contributed by atoms with Crippen LogP contribution in [0.3, 0.4) is 0 Å². The molecule has 0 bridgehead atoms. The van der Waals surface area contributed by atoms with E-state index in [4.69, 9.17) is 5.73 Å². The molecule has 1 unspecified atom stereocenters. The van der Waals surface area contributed by atoms with Crippen LogP contribution in [0.15, 0.2) is 0 Å². The van der Waals surface area contributed by atoms with Gasteiger partial charge in [0.2, 0.25) is 11.8 Å². The summed E-state index contributed by atoms with van der Waals surface area (Å²) in [5.74, 6) is -1.74. The second kappa shape index (κ2) is 6.72. The molecule has 114 valence electrons. The monoisotopic (exact) mass is 284 g/mol. The Morgan fingerprint density at radius 2 is 1.85 bits per heavy atom. The third-order valence-electron chi connectivity index (χ3n) is 4.45. The minimum absolute atomic E-state index is 0.0703. The van der Waals surface area contributed by atoms with E-state index in [-0.39, 0.29) is 12.3 Å². The summed E-state index contributed by atoms with van der Waals surface area (Å²) >= 11 is 0. The molecule has 0 aromatic rings. The number of piperidine rings is 1. The average Bonchev–Trinajstić information content (AvgIpc) is 2.44. The van der Waals surface area contributed by atoms with Gasteiger partial charge >= 0.3 is 5.97 Å². The van der Waals surface area contributed by atoms with Crippen molar-refractivity contribution in [2.45, 2.75) is 58.4 Å². The van der Waals surface area contributed by atoms with E-state index >= 15 is 0 Å². The van der Waals surface area contributed by atoms with Crippen molar-refractivity contribution in [3.8, 4) is 0 Å². The molecule has 0 saturated carbocycles. The molecular formula is C14H24N2O4. The van der Waals surface area contributed by atoms with Crippen LogP contribution in [0.1, 0.15) is 52.4 Å². The quantitative estimate of drug-likeness (QED) is 0.763. The van der Waals surface area contributed by atoms with Crippen LogP contribution < -0.4 is 5.73 Å². The highest BCUT2D eigenvalue weighted by Gasteiger charge is 2.40. The second-order valence-electron chi connectivity index (χ2n) is 5.47. The molecule has 1 fully saturated rings. The molecule has 0 aromatic carbocycles. The summed E-state index contributed by atoms with van der Waals surface area (Å²) in [5, 5.41) is 9.38. The van der Waals surface area contributed by atoms with Gasteiger partial charge in [-0.15, -0.1) is 0 Å². The Kier molecular flexibility index (Phi) is 5.53. The molecule has 1 aliphatic heterocycles. The Morgan fingerprint density at radius 3 is 2.30 bits per heavy atom. The van der Waals surface area contributed by atoms with Crippen LogP contribution in [0.4, 0.5) is 0 Å². The summed E-state index contributed by atoms with van der Waals surface area (Å²) in [6, 6.07) is -0.587. The molecular weight excluding hydrogens is 260 g/mol. The average molecular weight is 284 g/mol. The number of hydrogen-bond donors (Lipinski definition) is 2. The number of carbonyl (C=O) groups is 3. The number of nitrogens with two attached hydrogens (primary N) is 1. The summed E-state index contributed by atoms with van der Waals surface area (Å²) < 4.78 is 0. The molecule has 20 heavy (non-hydrogen) atoms. The number of likely N-dealkylation sites (tertiary alicyclic amines) is 1. The number of carboxylic acid groups (broad SMARTS) is 1. The van der Waals surface area contributed by atoms with Crippen molar-refractivity contribution in [1.82, 2.24) is 4.90 Å². The van der Waals surface area contributed by atoms with Crippen molar-refractivity contribution in [1.29, 1.82) is 0 Å². The molecule has 1 saturated heterocycles. The molecule has 1 rings (SSSR count). The summed E-state index contributed by atoms with van der Waals surface area (Å²) in [5.41, 5.74) is 4.29. The zero-order chi connectivity index (χ0) is 15.3. The highest BCUT2D eigenvalue weighted by molar-refractivity contribution is 5.89. The molecule has 0 radical (unpaired) electrons. The number of rotatable bonds is 6. The molecule has 6 nitrogen and oxygen atoms in total. The number of carboxylic acids is 1. The number of hydrogen-bond acceptors (Lipinski definition) is 3. The first-order valence-corrected chi connectivity index (χ1v) is 7.20. The summed E-state index contributed by atoms with van der Waals surface area (Å²) in [4.78, 5) is 36.7. The van der Waals surface area contributed by atoms with Gasteiger partial charge in [0.1, 0.15) is 6.04 Å². The smallest absolute Gasteiger partial charge is 0.310 e. The van der Waals surface area contributed by atoms with Gasteiger partial charge in [0.25, 0.3) is 0 Å². The van der Waals surface area contributed by atoms with Crippen molar-refractivity contribution < 1.29 is 19.5 Å². The highest BCUT2D eigenvalue weighted by atomic mass is 16.4.